The Hall–Kier alpha value is -2.69. The van der Waals surface area contributed by atoms with Crippen molar-refractivity contribution in [3.8, 4) is 17.2 Å². The first-order valence-corrected chi connectivity index (χ1v) is 8.81. The summed E-state index contributed by atoms with van der Waals surface area (Å²) in [5.74, 6) is 2.34. The molecule has 26 heavy (non-hydrogen) atoms. The Kier molecular flexibility index (Phi) is 7.33. The van der Waals surface area contributed by atoms with Crippen molar-refractivity contribution < 1.29 is 19.0 Å². The molecule has 0 spiro atoms. The summed E-state index contributed by atoms with van der Waals surface area (Å²) in [6, 6.07) is 15.1. The van der Waals surface area contributed by atoms with Gasteiger partial charge in [-0.3, -0.25) is 4.79 Å². The third-order valence-corrected chi connectivity index (χ3v) is 3.92. The highest BCUT2D eigenvalue weighted by atomic mass is 16.5. The van der Waals surface area contributed by atoms with Crippen LogP contribution in [0.1, 0.15) is 32.3 Å². The summed E-state index contributed by atoms with van der Waals surface area (Å²) in [7, 11) is 1.59. The van der Waals surface area contributed by atoms with Crippen LogP contribution in [0.5, 0.6) is 17.2 Å². The lowest BCUT2D eigenvalue weighted by molar-refractivity contribution is -0.127. The van der Waals surface area contributed by atoms with Crippen molar-refractivity contribution in [1.29, 1.82) is 0 Å². The molecule has 0 aliphatic heterocycles. The second-order valence-corrected chi connectivity index (χ2v) is 6.27. The number of amides is 1. The van der Waals surface area contributed by atoms with Crippen molar-refractivity contribution in [3.63, 3.8) is 0 Å². The fourth-order valence-electron chi connectivity index (χ4n) is 2.50. The van der Waals surface area contributed by atoms with E-state index >= 15 is 0 Å². The quantitative estimate of drug-likeness (QED) is 0.694. The number of carbonyl (C=O) groups excluding carboxylic acids is 1. The van der Waals surface area contributed by atoms with Crippen LogP contribution in [0.25, 0.3) is 0 Å². The van der Waals surface area contributed by atoms with Crippen molar-refractivity contribution in [2.24, 2.45) is 0 Å². The molecule has 5 nitrogen and oxygen atoms in total. The van der Waals surface area contributed by atoms with Crippen LogP contribution in [0.15, 0.2) is 48.5 Å². The summed E-state index contributed by atoms with van der Waals surface area (Å²) >= 11 is 0. The van der Waals surface area contributed by atoms with Gasteiger partial charge >= 0.3 is 0 Å². The Morgan fingerprint density at radius 2 is 1.77 bits per heavy atom. The largest absolute Gasteiger partial charge is 0.497 e. The van der Waals surface area contributed by atoms with Crippen molar-refractivity contribution >= 4 is 5.91 Å². The van der Waals surface area contributed by atoms with E-state index in [0.717, 1.165) is 11.3 Å². The van der Waals surface area contributed by atoms with Crippen molar-refractivity contribution in [2.75, 3.05) is 20.3 Å². The van der Waals surface area contributed by atoms with E-state index in [1.54, 1.807) is 26.2 Å². The number of hydrogen-bond donors (Lipinski definition) is 1. The highest BCUT2D eigenvalue weighted by Gasteiger charge is 2.14. The van der Waals surface area contributed by atoms with Crippen LogP contribution >= 0.6 is 0 Å². The number of methoxy groups -OCH3 is 1. The zero-order valence-corrected chi connectivity index (χ0v) is 15.8. The average molecular weight is 357 g/mol. The minimum absolute atomic E-state index is 0.187. The monoisotopic (exact) mass is 357 g/mol. The molecule has 0 aromatic heterocycles. The number of nitrogens with one attached hydrogen (secondary N) is 1. The van der Waals surface area contributed by atoms with E-state index in [2.05, 4.69) is 25.2 Å². The molecule has 0 radical (unpaired) electrons. The molecule has 0 fully saturated rings. The molecule has 0 aliphatic carbocycles. The van der Waals surface area contributed by atoms with Gasteiger partial charge in [0.25, 0.3) is 5.91 Å². The van der Waals surface area contributed by atoms with Gasteiger partial charge in [-0.05, 0) is 36.6 Å². The second-order valence-electron chi connectivity index (χ2n) is 6.27. The zero-order chi connectivity index (χ0) is 18.9. The molecule has 1 amide bonds. The summed E-state index contributed by atoms with van der Waals surface area (Å²) in [6.07, 6.45) is -0.606. The first kappa shape index (κ1) is 19.6. The van der Waals surface area contributed by atoms with E-state index in [4.69, 9.17) is 14.2 Å². The Bertz CT molecular complexity index is 715. The van der Waals surface area contributed by atoms with Gasteiger partial charge in [0.05, 0.1) is 13.7 Å². The summed E-state index contributed by atoms with van der Waals surface area (Å²) < 4.78 is 16.6. The minimum atomic E-state index is -0.606. The van der Waals surface area contributed by atoms with Gasteiger partial charge in [0.15, 0.2) is 6.10 Å². The van der Waals surface area contributed by atoms with Crippen molar-refractivity contribution in [2.45, 2.75) is 32.8 Å². The maximum Gasteiger partial charge on any atom is 0.260 e. The third kappa shape index (κ3) is 5.69. The fraction of sp³-hybridized carbons (Fsp3) is 0.381. The van der Waals surface area contributed by atoms with Crippen molar-refractivity contribution in [1.82, 2.24) is 5.32 Å². The Morgan fingerprint density at radius 3 is 2.50 bits per heavy atom. The lowest BCUT2D eigenvalue weighted by atomic mass is 10.0. The molecule has 2 aromatic carbocycles. The maximum atomic E-state index is 12.2. The molecular weight excluding hydrogens is 330 g/mol. The van der Waals surface area contributed by atoms with Crippen LogP contribution in [0.2, 0.25) is 0 Å². The van der Waals surface area contributed by atoms with Crippen molar-refractivity contribution in [3.05, 3.63) is 54.1 Å². The average Bonchev–Trinajstić information content (AvgIpc) is 2.65. The third-order valence-electron chi connectivity index (χ3n) is 3.92. The molecular formula is C21H27NO4. The standard InChI is InChI=1S/C21H27NO4/c1-15(2)19-10-5-6-11-20(19)25-13-12-22-21(23)16(3)26-18-9-7-8-17(14-18)24-4/h5-11,14-16H,12-13H2,1-4H3,(H,22,23)/t16-/m0/s1. The smallest absolute Gasteiger partial charge is 0.260 e. The van der Waals surface area contributed by atoms with E-state index in [0.29, 0.717) is 30.6 Å². The van der Waals surface area contributed by atoms with Crippen LogP contribution in [-0.2, 0) is 4.79 Å². The van der Waals surface area contributed by atoms with Crippen LogP contribution < -0.4 is 19.5 Å². The Balaban J connectivity index is 1.78. The molecule has 0 saturated heterocycles. The lowest BCUT2D eigenvalue weighted by Crippen LogP contribution is -2.38. The summed E-state index contributed by atoms with van der Waals surface area (Å²) in [5, 5.41) is 2.83. The molecule has 0 unspecified atom stereocenters. The van der Waals surface area contributed by atoms with Gasteiger partial charge in [0.1, 0.15) is 23.9 Å². The molecule has 1 atom stereocenters. The van der Waals surface area contributed by atoms with Gasteiger partial charge in [-0.2, -0.15) is 0 Å². The highest BCUT2D eigenvalue weighted by Crippen LogP contribution is 2.25. The van der Waals surface area contributed by atoms with E-state index in [1.807, 2.05) is 30.3 Å². The van der Waals surface area contributed by atoms with E-state index in [-0.39, 0.29) is 5.91 Å². The Labute approximate surface area is 155 Å². The molecule has 2 rings (SSSR count). The molecule has 0 saturated carbocycles. The molecule has 0 heterocycles. The number of para-hydroxylation sites is 1. The van der Waals surface area contributed by atoms with E-state index in [9.17, 15) is 4.79 Å². The Morgan fingerprint density at radius 1 is 1.04 bits per heavy atom. The van der Waals surface area contributed by atoms with E-state index < -0.39 is 6.10 Å². The molecule has 0 aliphatic rings. The summed E-state index contributed by atoms with van der Waals surface area (Å²) in [4.78, 5) is 12.2. The maximum absolute atomic E-state index is 12.2. The van der Waals surface area contributed by atoms with Crippen LogP contribution in [-0.4, -0.2) is 32.3 Å². The highest BCUT2D eigenvalue weighted by molar-refractivity contribution is 5.80. The van der Waals surface area contributed by atoms with Gasteiger partial charge in [-0.1, -0.05) is 38.1 Å². The van der Waals surface area contributed by atoms with Gasteiger partial charge < -0.3 is 19.5 Å². The second kappa shape index (κ2) is 9.70. The van der Waals surface area contributed by atoms with Gasteiger partial charge in [0, 0.05) is 6.07 Å². The first-order valence-electron chi connectivity index (χ1n) is 8.81. The number of rotatable bonds is 9. The fourth-order valence-corrected chi connectivity index (χ4v) is 2.50. The topological polar surface area (TPSA) is 56.8 Å². The van der Waals surface area contributed by atoms with Crippen LogP contribution in [0, 0.1) is 0 Å². The normalized spacial score (nSPS) is 11.7. The predicted octanol–water partition coefficient (Wildman–Crippen LogP) is 3.78. The molecule has 1 N–H and O–H groups in total. The van der Waals surface area contributed by atoms with E-state index in [1.165, 1.54) is 0 Å². The number of ether oxygens (including phenoxy) is 3. The van der Waals surface area contributed by atoms with Gasteiger partial charge in [-0.15, -0.1) is 0 Å². The van der Waals surface area contributed by atoms with Gasteiger partial charge in [0.2, 0.25) is 0 Å². The molecule has 5 heteroatoms. The minimum Gasteiger partial charge on any atom is -0.497 e. The molecule has 2 aromatic rings. The predicted molar refractivity (Wildman–Crippen MR) is 102 cm³/mol. The molecule has 140 valence electrons. The zero-order valence-electron chi connectivity index (χ0n) is 15.8. The summed E-state index contributed by atoms with van der Waals surface area (Å²) in [5.41, 5.74) is 1.16. The van der Waals surface area contributed by atoms with Gasteiger partial charge in [-0.25, -0.2) is 0 Å². The lowest BCUT2D eigenvalue weighted by Gasteiger charge is -2.16. The SMILES string of the molecule is COc1cccc(O[C@@H](C)C(=O)NCCOc2ccccc2C(C)C)c1. The van der Waals surface area contributed by atoms with Crippen LogP contribution in [0.3, 0.4) is 0 Å². The molecule has 0 bridgehead atoms. The summed E-state index contributed by atoms with van der Waals surface area (Å²) in [6.45, 7) is 6.78. The number of benzene rings is 2. The van der Waals surface area contributed by atoms with Crippen LogP contribution in [0.4, 0.5) is 0 Å². The first-order chi connectivity index (χ1) is 12.5. The number of hydrogen-bond acceptors (Lipinski definition) is 4. The number of carbonyl (C=O) groups is 1.